The molecule has 4 heteroatoms. The molecule has 2 N–H and O–H groups in total. The number of hydrogen-bond donors (Lipinski definition) is 2. The second-order valence-corrected chi connectivity index (χ2v) is 6.22. The summed E-state index contributed by atoms with van der Waals surface area (Å²) in [6, 6.07) is 7.80. The predicted octanol–water partition coefficient (Wildman–Crippen LogP) is 2.42. The van der Waals surface area contributed by atoms with Crippen LogP contribution in [0.25, 0.3) is 11.1 Å². The normalized spacial score (nSPS) is 13.1. The summed E-state index contributed by atoms with van der Waals surface area (Å²) in [7, 11) is 0. The van der Waals surface area contributed by atoms with Gasteiger partial charge in [-0.2, -0.15) is 0 Å². The summed E-state index contributed by atoms with van der Waals surface area (Å²) < 4.78 is 0. The van der Waals surface area contributed by atoms with Gasteiger partial charge in [-0.15, -0.1) is 0 Å². The van der Waals surface area contributed by atoms with Crippen molar-refractivity contribution in [2.45, 2.75) is 32.9 Å². The Morgan fingerprint density at radius 3 is 2.78 bits per heavy atom. The number of fused-ring (bicyclic) bond motifs is 1. The highest BCUT2D eigenvalue weighted by Gasteiger charge is 2.19. The Hall–Kier alpha value is -2.64. The summed E-state index contributed by atoms with van der Waals surface area (Å²) in [6.45, 7) is 5.79. The third-order valence-corrected chi connectivity index (χ3v) is 3.70. The summed E-state index contributed by atoms with van der Waals surface area (Å²) in [5, 5.41) is 12.5. The Morgan fingerprint density at radius 2 is 2.04 bits per heavy atom. The van der Waals surface area contributed by atoms with Crippen molar-refractivity contribution >= 4 is 5.91 Å². The number of rotatable bonds is 1. The smallest absolute Gasteiger partial charge is 0.251 e. The van der Waals surface area contributed by atoms with Crippen molar-refractivity contribution in [1.82, 2.24) is 10.3 Å². The first-order chi connectivity index (χ1) is 10.8. The largest absolute Gasteiger partial charge is 0.378 e. The lowest BCUT2D eigenvalue weighted by molar-refractivity contribution is 0.0965. The van der Waals surface area contributed by atoms with Crippen LogP contribution < -0.4 is 5.32 Å². The fraction of sp³-hybridized carbons (Fsp3) is 0.263. The van der Waals surface area contributed by atoms with Crippen LogP contribution in [0.4, 0.5) is 0 Å². The number of benzene rings is 1. The average molecular weight is 306 g/mol. The van der Waals surface area contributed by atoms with Crippen LogP contribution in [-0.2, 0) is 6.54 Å². The van der Waals surface area contributed by atoms with Crippen molar-refractivity contribution in [2.75, 3.05) is 0 Å². The van der Waals surface area contributed by atoms with Crippen LogP contribution in [0.2, 0.25) is 0 Å². The molecular formula is C19H18N2O2. The van der Waals surface area contributed by atoms with Crippen LogP contribution in [0.1, 0.15) is 41.0 Å². The van der Waals surface area contributed by atoms with E-state index >= 15 is 0 Å². The lowest BCUT2D eigenvalue weighted by atomic mass is 9.98. The summed E-state index contributed by atoms with van der Waals surface area (Å²) >= 11 is 0. The quantitative estimate of drug-likeness (QED) is 0.795. The molecule has 0 aliphatic carbocycles. The Bertz CT molecular complexity index is 852. The van der Waals surface area contributed by atoms with Crippen molar-refractivity contribution in [1.29, 1.82) is 0 Å². The van der Waals surface area contributed by atoms with Crippen molar-refractivity contribution in [2.24, 2.45) is 0 Å². The van der Waals surface area contributed by atoms with E-state index in [-0.39, 0.29) is 5.91 Å². The topological polar surface area (TPSA) is 62.2 Å². The average Bonchev–Trinajstić information content (AvgIpc) is 2.86. The molecule has 1 aromatic heterocycles. The molecule has 0 fully saturated rings. The van der Waals surface area contributed by atoms with E-state index in [1.165, 1.54) is 0 Å². The van der Waals surface area contributed by atoms with Gasteiger partial charge >= 0.3 is 0 Å². The van der Waals surface area contributed by atoms with Crippen LogP contribution in [-0.4, -0.2) is 21.6 Å². The number of amides is 1. The maximum Gasteiger partial charge on any atom is 0.251 e. The van der Waals surface area contributed by atoms with Gasteiger partial charge in [0.2, 0.25) is 0 Å². The maximum atomic E-state index is 11.8. The Labute approximate surface area is 135 Å². The minimum Gasteiger partial charge on any atom is -0.378 e. The fourth-order valence-electron chi connectivity index (χ4n) is 2.50. The van der Waals surface area contributed by atoms with Gasteiger partial charge in [-0.05, 0) is 44.0 Å². The third-order valence-electron chi connectivity index (χ3n) is 3.70. The summed E-state index contributed by atoms with van der Waals surface area (Å²) in [5.41, 5.74) is 4.18. The first-order valence-electron chi connectivity index (χ1n) is 7.47. The van der Waals surface area contributed by atoms with Gasteiger partial charge in [0.1, 0.15) is 5.60 Å². The predicted molar refractivity (Wildman–Crippen MR) is 88.8 cm³/mol. The Kier molecular flexibility index (Phi) is 3.67. The number of aryl methyl sites for hydroxylation is 1. The molecule has 0 bridgehead atoms. The van der Waals surface area contributed by atoms with Crippen molar-refractivity contribution in [3.05, 3.63) is 52.8 Å². The summed E-state index contributed by atoms with van der Waals surface area (Å²) in [4.78, 5) is 16.2. The minimum atomic E-state index is -1.04. The molecule has 116 valence electrons. The molecule has 1 amide bonds. The van der Waals surface area contributed by atoms with Crippen molar-refractivity contribution in [3.63, 3.8) is 0 Å². The van der Waals surface area contributed by atoms with Gasteiger partial charge in [0.25, 0.3) is 5.91 Å². The first kappa shape index (κ1) is 15.3. The van der Waals surface area contributed by atoms with Crippen molar-refractivity contribution < 1.29 is 9.90 Å². The van der Waals surface area contributed by atoms with E-state index in [0.717, 1.165) is 33.5 Å². The second kappa shape index (κ2) is 5.53. The van der Waals surface area contributed by atoms with E-state index in [0.29, 0.717) is 6.54 Å². The van der Waals surface area contributed by atoms with Crippen LogP contribution in [0.15, 0.2) is 30.5 Å². The van der Waals surface area contributed by atoms with E-state index in [2.05, 4.69) is 22.1 Å². The maximum absolute atomic E-state index is 11.8. The number of hydrogen-bond acceptors (Lipinski definition) is 3. The first-order valence-corrected chi connectivity index (χ1v) is 7.47. The molecule has 0 atom stereocenters. The number of aliphatic hydroxyl groups is 1. The highest BCUT2D eigenvalue weighted by Crippen LogP contribution is 2.27. The Morgan fingerprint density at radius 1 is 1.26 bits per heavy atom. The van der Waals surface area contributed by atoms with E-state index in [1.807, 2.05) is 31.2 Å². The summed E-state index contributed by atoms with van der Waals surface area (Å²) in [6.07, 6.45) is 1.69. The van der Waals surface area contributed by atoms with Crippen LogP contribution in [0.5, 0.6) is 0 Å². The zero-order valence-electron chi connectivity index (χ0n) is 13.4. The van der Waals surface area contributed by atoms with Crippen LogP contribution >= 0.6 is 0 Å². The van der Waals surface area contributed by atoms with Gasteiger partial charge in [-0.3, -0.25) is 9.78 Å². The number of nitrogens with zero attached hydrogens (tertiary/aromatic N) is 1. The van der Waals surface area contributed by atoms with Gasteiger partial charge in [0, 0.05) is 35.1 Å². The minimum absolute atomic E-state index is 0.0366. The molecule has 0 spiro atoms. The van der Waals surface area contributed by atoms with Gasteiger partial charge in [0.05, 0.1) is 0 Å². The zero-order valence-corrected chi connectivity index (χ0v) is 13.4. The lowest BCUT2D eigenvalue weighted by Gasteiger charge is -2.08. The molecule has 2 heterocycles. The number of nitrogens with one attached hydrogen (secondary N) is 1. The monoisotopic (exact) mass is 306 g/mol. The van der Waals surface area contributed by atoms with Gasteiger partial charge < -0.3 is 10.4 Å². The number of pyridine rings is 1. The van der Waals surface area contributed by atoms with Crippen LogP contribution in [0, 0.1) is 18.8 Å². The molecule has 0 radical (unpaired) electrons. The van der Waals surface area contributed by atoms with E-state index in [1.54, 1.807) is 20.0 Å². The van der Waals surface area contributed by atoms with E-state index in [4.69, 9.17) is 0 Å². The zero-order chi connectivity index (χ0) is 16.6. The molecule has 1 aliphatic rings. The molecule has 4 nitrogen and oxygen atoms in total. The van der Waals surface area contributed by atoms with E-state index in [9.17, 15) is 9.90 Å². The fourth-order valence-corrected chi connectivity index (χ4v) is 2.50. The number of aromatic nitrogens is 1. The highest BCUT2D eigenvalue weighted by atomic mass is 16.3. The van der Waals surface area contributed by atoms with Crippen molar-refractivity contribution in [3.8, 4) is 23.0 Å². The SMILES string of the molecule is Cc1ncc(C#CC(C)(C)O)cc1-c1ccc2c(c1)C(=O)NC2. The van der Waals surface area contributed by atoms with Gasteiger partial charge in [0.15, 0.2) is 0 Å². The molecule has 2 aromatic rings. The second-order valence-electron chi connectivity index (χ2n) is 6.22. The highest BCUT2D eigenvalue weighted by molar-refractivity contribution is 5.99. The number of carbonyl (C=O) groups is 1. The number of carbonyl (C=O) groups excluding carboxylic acids is 1. The molecule has 0 saturated heterocycles. The molecule has 23 heavy (non-hydrogen) atoms. The molecular weight excluding hydrogens is 288 g/mol. The Balaban J connectivity index is 2.04. The van der Waals surface area contributed by atoms with Gasteiger partial charge in [-0.1, -0.05) is 24.0 Å². The molecule has 1 aliphatic heterocycles. The molecule has 0 unspecified atom stereocenters. The summed E-state index contributed by atoms with van der Waals surface area (Å²) in [5.74, 6) is 5.69. The lowest BCUT2D eigenvalue weighted by Crippen LogP contribution is -2.14. The standard InChI is InChI=1S/C19H18N2O2/c1-12-16(8-13(10-20-12)6-7-19(2,3)23)14-4-5-15-11-21-18(22)17(15)9-14/h4-5,8-10,23H,11H2,1-3H3,(H,21,22). The van der Waals surface area contributed by atoms with E-state index < -0.39 is 5.60 Å². The molecule has 3 rings (SSSR count). The van der Waals surface area contributed by atoms with Gasteiger partial charge in [-0.25, -0.2) is 0 Å². The van der Waals surface area contributed by atoms with Crippen LogP contribution in [0.3, 0.4) is 0 Å². The third kappa shape index (κ3) is 3.25. The molecule has 0 saturated carbocycles. The molecule has 1 aromatic carbocycles.